The lowest BCUT2D eigenvalue weighted by molar-refractivity contribution is 0.162. The van der Waals surface area contributed by atoms with Crippen LogP contribution in [0.3, 0.4) is 0 Å². The molecule has 0 atom stereocenters. The summed E-state index contributed by atoms with van der Waals surface area (Å²) < 4.78 is 1.24. The number of fused-ring (bicyclic) bond motifs is 1. The van der Waals surface area contributed by atoms with E-state index in [0.717, 1.165) is 56.1 Å². The SMILES string of the molecule is O=C(NC1CCN(c2nc3ccccc3s2)CC1)N1CCC1. The van der Waals surface area contributed by atoms with Crippen molar-refractivity contribution < 1.29 is 4.79 Å². The second-order valence-corrected chi connectivity index (χ2v) is 7.02. The maximum atomic E-state index is 12.0. The third kappa shape index (κ3) is 2.63. The zero-order chi connectivity index (χ0) is 14.9. The quantitative estimate of drug-likeness (QED) is 0.927. The number of rotatable bonds is 2. The number of likely N-dealkylation sites (tertiary alicyclic amines) is 1. The number of nitrogens with zero attached hydrogens (tertiary/aromatic N) is 3. The first kappa shape index (κ1) is 13.8. The Morgan fingerprint density at radius 2 is 1.95 bits per heavy atom. The second-order valence-electron chi connectivity index (χ2n) is 6.02. The molecule has 0 spiro atoms. The molecule has 2 aromatic rings. The van der Waals surface area contributed by atoms with Gasteiger partial charge in [0.05, 0.1) is 10.2 Å². The molecule has 0 radical (unpaired) electrons. The number of nitrogens with one attached hydrogen (secondary N) is 1. The monoisotopic (exact) mass is 316 g/mol. The smallest absolute Gasteiger partial charge is 0.317 e. The van der Waals surface area contributed by atoms with Gasteiger partial charge in [-0.25, -0.2) is 9.78 Å². The third-order valence-electron chi connectivity index (χ3n) is 4.52. The lowest BCUT2D eigenvalue weighted by atomic mass is 10.1. The van der Waals surface area contributed by atoms with E-state index in [9.17, 15) is 4.79 Å². The van der Waals surface area contributed by atoms with E-state index in [1.165, 1.54) is 4.70 Å². The summed E-state index contributed by atoms with van der Waals surface area (Å²) in [5.74, 6) is 0. The molecular weight excluding hydrogens is 296 g/mol. The summed E-state index contributed by atoms with van der Waals surface area (Å²) in [5, 5.41) is 4.27. The normalized spacial score (nSPS) is 19.3. The van der Waals surface area contributed by atoms with Crippen LogP contribution < -0.4 is 10.2 Å². The van der Waals surface area contributed by atoms with Crippen LogP contribution in [0.15, 0.2) is 24.3 Å². The van der Waals surface area contributed by atoms with Gasteiger partial charge in [-0.2, -0.15) is 0 Å². The number of hydrogen-bond donors (Lipinski definition) is 1. The summed E-state index contributed by atoms with van der Waals surface area (Å²) in [5.41, 5.74) is 1.08. The summed E-state index contributed by atoms with van der Waals surface area (Å²) in [7, 11) is 0. The van der Waals surface area contributed by atoms with Crippen LogP contribution in [0, 0.1) is 0 Å². The molecule has 0 unspecified atom stereocenters. The Morgan fingerprint density at radius 3 is 2.64 bits per heavy atom. The zero-order valence-electron chi connectivity index (χ0n) is 12.5. The number of hydrogen-bond acceptors (Lipinski definition) is 4. The molecule has 1 aromatic carbocycles. The van der Waals surface area contributed by atoms with E-state index in [0.29, 0.717) is 6.04 Å². The highest BCUT2D eigenvalue weighted by Crippen LogP contribution is 2.30. The van der Waals surface area contributed by atoms with Crippen molar-refractivity contribution in [2.24, 2.45) is 0 Å². The second kappa shape index (κ2) is 5.76. The summed E-state index contributed by atoms with van der Waals surface area (Å²) >= 11 is 1.76. The average molecular weight is 316 g/mol. The van der Waals surface area contributed by atoms with E-state index < -0.39 is 0 Å². The van der Waals surface area contributed by atoms with E-state index in [1.807, 2.05) is 11.0 Å². The summed E-state index contributed by atoms with van der Waals surface area (Å²) in [6, 6.07) is 8.69. The molecule has 2 amide bonds. The minimum absolute atomic E-state index is 0.115. The number of thiazole rings is 1. The van der Waals surface area contributed by atoms with Crippen molar-refractivity contribution in [3.05, 3.63) is 24.3 Å². The molecule has 6 heteroatoms. The predicted molar refractivity (Wildman–Crippen MR) is 89.6 cm³/mol. The van der Waals surface area contributed by atoms with Gasteiger partial charge in [0.2, 0.25) is 0 Å². The van der Waals surface area contributed by atoms with Crippen LogP contribution in [0.4, 0.5) is 9.93 Å². The zero-order valence-corrected chi connectivity index (χ0v) is 13.3. The number of para-hydroxylation sites is 1. The van der Waals surface area contributed by atoms with Gasteiger partial charge in [0, 0.05) is 32.2 Å². The number of carbonyl (C=O) groups is 1. The van der Waals surface area contributed by atoms with Gasteiger partial charge in [-0.15, -0.1) is 0 Å². The molecule has 0 saturated carbocycles. The number of benzene rings is 1. The van der Waals surface area contributed by atoms with E-state index in [2.05, 4.69) is 28.4 Å². The Bertz CT molecular complexity index is 641. The predicted octanol–water partition coefficient (Wildman–Crippen LogP) is 2.68. The Labute approximate surface area is 133 Å². The molecule has 4 rings (SSSR count). The standard InChI is InChI=1S/C16H20N4OS/c21-15(19-8-3-9-19)17-12-6-10-20(11-7-12)16-18-13-4-1-2-5-14(13)22-16/h1-2,4-5,12H,3,6-11H2,(H,17,21). The maximum Gasteiger partial charge on any atom is 0.317 e. The lowest BCUT2D eigenvalue weighted by Crippen LogP contribution is -2.53. The van der Waals surface area contributed by atoms with Crippen molar-refractivity contribution in [3.8, 4) is 0 Å². The highest BCUT2D eigenvalue weighted by molar-refractivity contribution is 7.22. The minimum Gasteiger partial charge on any atom is -0.348 e. The van der Waals surface area contributed by atoms with Crippen molar-refractivity contribution >= 4 is 32.7 Å². The van der Waals surface area contributed by atoms with Crippen LogP contribution in [-0.4, -0.2) is 48.1 Å². The highest BCUT2D eigenvalue weighted by atomic mass is 32.1. The third-order valence-corrected chi connectivity index (χ3v) is 5.62. The van der Waals surface area contributed by atoms with Crippen LogP contribution in [0.1, 0.15) is 19.3 Å². The molecule has 2 aliphatic heterocycles. The summed E-state index contributed by atoms with van der Waals surface area (Å²) in [6.07, 6.45) is 3.13. The number of anilines is 1. The fourth-order valence-electron chi connectivity index (χ4n) is 3.00. The Kier molecular flexibility index (Phi) is 3.62. The highest BCUT2D eigenvalue weighted by Gasteiger charge is 2.26. The molecule has 1 aromatic heterocycles. The van der Waals surface area contributed by atoms with Crippen LogP contribution in [0.25, 0.3) is 10.2 Å². The Morgan fingerprint density at radius 1 is 1.18 bits per heavy atom. The van der Waals surface area contributed by atoms with Gasteiger partial charge in [0.15, 0.2) is 5.13 Å². The number of amides is 2. The van der Waals surface area contributed by atoms with Crippen molar-refractivity contribution in [1.82, 2.24) is 15.2 Å². The van der Waals surface area contributed by atoms with E-state index in [4.69, 9.17) is 4.98 Å². The number of urea groups is 1. The van der Waals surface area contributed by atoms with Crippen LogP contribution in [0.5, 0.6) is 0 Å². The van der Waals surface area contributed by atoms with Crippen molar-refractivity contribution in [2.75, 3.05) is 31.1 Å². The molecule has 0 bridgehead atoms. The molecule has 22 heavy (non-hydrogen) atoms. The largest absolute Gasteiger partial charge is 0.348 e. The first-order valence-corrected chi connectivity index (χ1v) is 8.77. The lowest BCUT2D eigenvalue weighted by Gasteiger charge is -2.36. The molecule has 1 N–H and O–H groups in total. The molecule has 3 heterocycles. The van der Waals surface area contributed by atoms with Gasteiger partial charge in [0.1, 0.15) is 0 Å². The summed E-state index contributed by atoms with van der Waals surface area (Å²) in [4.78, 5) is 20.9. The number of carbonyl (C=O) groups excluding carboxylic acids is 1. The Balaban J connectivity index is 1.35. The molecule has 2 aliphatic rings. The van der Waals surface area contributed by atoms with E-state index in [1.54, 1.807) is 11.3 Å². The van der Waals surface area contributed by atoms with Gasteiger partial charge >= 0.3 is 6.03 Å². The van der Waals surface area contributed by atoms with Crippen molar-refractivity contribution in [3.63, 3.8) is 0 Å². The van der Waals surface area contributed by atoms with Gasteiger partial charge in [-0.05, 0) is 31.4 Å². The number of piperidine rings is 1. The first-order chi connectivity index (χ1) is 10.8. The molecule has 5 nitrogen and oxygen atoms in total. The van der Waals surface area contributed by atoms with E-state index in [-0.39, 0.29) is 6.03 Å². The average Bonchev–Trinajstić information content (AvgIpc) is 2.90. The van der Waals surface area contributed by atoms with Gasteiger partial charge < -0.3 is 15.1 Å². The Hall–Kier alpha value is -1.82. The maximum absolute atomic E-state index is 12.0. The van der Waals surface area contributed by atoms with Crippen LogP contribution in [0.2, 0.25) is 0 Å². The topological polar surface area (TPSA) is 48.5 Å². The molecule has 2 fully saturated rings. The summed E-state index contributed by atoms with van der Waals surface area (Å²) in [6.45, 7) is 3.75. The number of aromatic nitrogens is 1. The van der Waals surface area contributed by atoms with E-state index >= 15 is 0 Å². The van der Waals surface area contributed by atoms with Crippen LogP contribution >= 0.6 is 11.3 Å². The molecule has 116 valence electrons. The molecular formula is C16H20N4OS. The fourth-order valence-corrected chi connectivity index (χ4v) is 4.01. The molecule has 0 aliphatic carbocycles. The molecule has 2 saturated heterocycles. The minimum atomic E-state index is 0.115. The fraction of sp³-hybridized carbons (Fsp3) is 0.500. The van der Waals surface area contributed by atoms with Gasteiger partial charge in [0.25, 0.3) is 0 Å². The van der Waals surface area contributed by atoms with Crippen LogP contribution in [-0.2, 0) is 0 Å². The van der Waals surface area contributed by atoms with Crippen molar-refractivity contribution in [1.29, 1.82) is 0 Å². The van der Waals surface area contributed by atoms with Gasteiger partial charge in [-0.1, -0.05) is 23.5 Å². The van der Waals surface area contributed by atoms with Gasteiger partial charge in [-0.3, -0.25) is 0 Å². The first-order valence-electron chi connectivity index (χ1n) is 7.95. The van der Waals surface area contributed by atoms with Crippen molar-refractivity contribution in [2.45, 2.75) is 25.3 Å².